The molecule has 0 bridgehead atoms. The smallest absolute Gasteiger partial charge is 0.159 e. The van der Waals surface area contributed by atoms with E-state index in [4.69, 9.17) is 8.83 Å². The number of anilines is 5. The molecule has 2 heterocycles. The van der Waals surface area contributed by atoms with Crippen molar-refractivity contribution in [2.45, 2.75) is 46.5 Å². The molecule has 0 saturated carbocycles. The molecule has 0 spiro atoms. The van der Waals surface area contributed by atoms with Gasteiger partial charge in [-0.1, -0.05) is 149 Å². The van der Waals surface area contributed by atoms with E-state index in [1.165, 1.54) is 49.2 Å². The highest BCUT2D eigenvalue weighted by molar-refractivity contribution is 6.28. The van der Waals surface area contributed by atoms with Gasteiger partial charge in [-0.15, -0.1) is 0 Å². The molecule has 0 amide bonds. The number of nitrogens with zero attached hydrogens (tertiary/aromatic N) is 2. The summed E-state index contributed by atoms with van der Waals surface area (Å²) in [5, 5.41) is 11.8. The summed E-state index contributed by atoms with van der Waals surface area (Å²) < 4.78 is 13.5. The van der Waals surface area contributed by atoms with Crippen LogP contribution in [0.1, 0.15) is 52.0 Å². The third-order valence-electron chi connectivity index (χ3n) is 13.4. The summed E-state index contributed by atoms with van der Waals surface area (Å²) in [7, 11) is 0. The van der Waals surface area contributed by atoms with Crippen molar-refractivity contribution in [3.8, 4) is 0 Å². The zero-order chi connectivity index (χ0) is 41.6. The fraction of sp³-hybridized carbons (Fsp3) is 0.138. The first-order chi connectivity index (χ1) is 30.4. The van der Waals surface area contributed by atoms with Crippen molar-refractivity contribution in [2.24, 2.45) is 5.92 Å². The standard InChI is InChI=1S/C58H46N2O2/c1-35(2)37-19-27-41(28-20-37)59(51-15-9-13-45-43-11-5-7-17-53(43)61-57(45)51)49-33-25-39-24-32-48-50(34-26-40-23-31-47(49)55(39)56(40)48)60(42-29-21-38(22-30-42)36(3)4)52-16-10-14-46-44-12-6-8-18-54(44)62-58(46)52/h5-21,23-29,31-36H,22,30H2,1-4H3. The normalized spacial score (nSPS) is 13.5. The van der Waals surface area contributed by atoms with Gasteiger partial charge >= 0.3 is 0 Å². The van der Waals surface area contributed by atoms with E-state index in [1.54, 1.807) is 0 Å². The van der Waals surface area contributed by atoms with Crippen molar-refractivity contribution in [1.82, 2.24) is 0 Å². The van der Waals surface area contributed by atoms with Crippen LogP contribution in [0, 0.1) is 5.92 Å². The third kappa shape index (κ3) is 5.59. The van der Waals surface area contributed by atoms with Gasteiger partial charge in [0, 0.05) is 43.7 Å². The van der Waals surface area contributed by atoms with Gasteiger partial charge in [0.25, 0.3) is 0 Å². The molecule has 0 aliphatic heterocycles. The number of benzene rings is 9. The van der Waals surface area contributed by atoms with Gasteiger partial charge in [0.2, 0.25) is 0 Å². The number of allylic oxidation sites excluding steroid dienone is 4. The quantitative estimate of drug-likeness (QED) is 0.143. The molecule has 300 valence electrons. The monoisotopic (exact) mass is 802 g/mol. The van der Waals surface area contributed by atoms with Crippen LogP contribution in [0.3, 0.4) is 0 Å². The Morgan fingerprint density at radius 3 is 1.45 bits per heavy atom. The molecule has 1 aliphatic rings. The number of rotatable bonds is 8. The van der Waals surface area contributed by atoms with E-state index in [0.717, 1.165) is 85.2 Å². The number of hydrogen-bond donors (Lipinski definition) is 0. The van der Waals surface area contributed by atoms with Crippen LogP contribution in [-0.2, 0) is 0 Å². The Kier molecular flexibility index (Phi) is 8.33. The van der Waals surface area contributed by atoms with Crippen LogP contribution in [0.5, 0.6) is 0 Å². The van der Waals surface area contributed by atoms with E-state index < -0.39 is 0 Å². The number of fused-ring (bicyclic) bond motifs is 6. The van der Waals surface area contributed by atoms with Gasteiger partial charge in [-0.2, -0.15) is 0 Å². The van der Waals surface area contributed by atoms with E-state index in [1.807, 2.05) is 6.07 Å². The van der Waals surface area contributed by atoms with Crippen molar-refractivity contribution in [2.75, 3.05) is 9.80 Å². The van der Waals surface area contributed by atoms with Crippen LogP contribution in [-0.4, -0.2) is 0 Å². The lowest BCUT2D eigenvalue weighted by molar-refractivity contribution is 0.667. The molecule has 2 aromatic heterocycles. The molecule has 0 unspecified atom stereocenters. The zero-order valence-corrected chi connectivity index (χ0v) is 35.4. The molecule has 1 aliphatic carbocycles. The topological polar surface area (TPSA) is 32.8 Å². The average Bonchev–Trinajstić information content (AvgIpc) is 3.89. The zero-order valence-electron chi connectivity index (χ0n) is 35.4. The van der Waals surface area contributed by atoms with Gasteiger partial charge in [0.1, 0.15) is 11.2 Å². The fourth-order valence-corrected chi connectivity index (χ4v) is 10.1. The predicted octanol–water partition coefficient (Wildman–Crippen LogP) is 17.4. The van der Waals surface area contributed by atoms with E-state index in [-0.39, 0.29) is 0 Å². The Morgan fingerprint density at radius 1 is 0.403 bits per heavy atom. The Bertz CT molecular complexity index is 3600. The molecule has 0 radical (unpaired) electrons. The van der Waals surface area contributed by atoms with Crippen LogP contribution in [0.25, 0.3) is 76.2 Å². The van der Waals surface area contributed by atoms with Crippen molar-refractivity contribution < 1.29 is 8.83 Å². The molecule has 0 atom stereocenters. The molecule has 0 fully saturated rings. The molecular weight excluding hydrogens is 757 g/mol. The molecule has 12 rings (SSSR count). The molecule has 4 nitrogen and oxygen atoms in total. The first kappa shape index (κ1) is 36.5. The first-order valence-corrected chi connectivity index (χ1v) is 22.0. The summed E-state index contributed by atoms with van der Waals surface area (Å²) in [4.78, 5) is 4.89. The second-order valence-corrected chi connectivity index (χ2v) is 17.6. The van der Waals surface area contributed by atoms with Crippen LogP contribution < -0.4 is 9.80 Å². The first-order valence-electron chi connectivity index (χ1n) is 22.0. The molecule has 0 saturated heterocycles. The summed E-state index contributed by atoms with van der Waals surface area (Å²) in [6.07, 6.45) is 6.65. The number of hydrogen-bond acceptors (Lipinski definition) is 4. The van der Waals surface area contributed by atoms with Crippen LogP contribution in [0.15, 0.2) is 190 Å². The Labute approximate surface area is 360 Å². The summed E-state index contributed by atoms with van der Waals surface area (Å²) in [6, 6.07) is 57.4. The van der Waals surface area contributed by atoms with Gasteiger partial charge in [-0.3, -0.25) is 0 Å². The fourth-order valence-electron chi connectivity index (χ4n) is 10.1. The highest BCUT2D eigenvalue weighted by Crippen LogP contribution is 2.50. The summed E-state index contributed by atoms with van der Waals surface area (Å²) in [5.41, 5.74) is 13.0. The van der Waals surface area contributed by atoms with Gasteiger partial charge in [0.15, 0.2) is 11.2 Å². The maximum atomic E-state index is 6.76. The Balaban J connectivity index is 1.12. The van der Waals surface area contributed by atoms with E-state index in [2.05, 4.69) is 201 Å². The van der Waals surface area contributed by atoms with Crippen LogP contribution in [0.2, 0.25) is 0 Å². The molecule has 4 heteroatoms. The van der Waals surface area contributed by atoms with Crippen molar-refractivity contribution in [3.05, 3.63) is 187 Å². The average molecular weight is 803 g/mol. The Morgan fingerprint density at radius 2 is 0.919 bits per heavy atom. The number of furan rings is 2. The maximum absolute atomic E-state index is 6.76. The molecule has 62 heavy (non-hydrogen) atoms. The summed E-state index contributed by atoms with van der Waals surface area (Å²) in [5.74, 6) is 0.937. The van der Waals surface area contributed by atoms with Crippen LogP contribution >= 0.6 is 0 Å². The predicted molar refractivity (Wildman–Crippen MR) is 262 cm³/mol. The minimum Gasteiger partial charge on any atom is -0.454 e. The minimum absolute atomic E-state index is 0.427. The van der Waals surface area contributed by atoms with Crippen molar-refractivity contribution in [1.29, 1.82) is 0 Å². The van der Waals surface area contributed by atoms with Gasteiger partial charge in [0.05, 0.1) is 22.7 Å². The molecular formula is C58H46N2O2. The lowest BCUT2D eigenvalue weighted by Gasteiger charge is -2.32. The van der Waals surface area contributed by atoms with E-state index in [0.29, 0.717) is 11.8 Å². The van der Waals surface area contributed by atoms with Crippen LogP contribution in [0.4, 0.5) is 28.4 Å². The highest BCUT2D eigenvalue weighted by Gasteiger charge is 2.27. The van der Waals surface area contributed by atoms with Crippen molar-refractivity contribution in [3.63, 3.8) is 0 Å². The number of para-hydroxylation sites is 4. The Hall–Kier alpha value is -7.30. The molecule has 11 aromatic rings. The highest BCUT2D eigenvalue weighted by atomic mass is 16.3. The summed E-state index contributed by atoms with van der Waals surface area (Å²) in [6.45, 7) is 9.09. The third-order valence-corrected chi connectivity index (χ3v) is 13.4. The van der Waals surface area contributed by atoms with E-state index >= 15 is 0 Å². The molecule has 0 N–H and O–H groups in total. The van der Waals surface area contributed by atoms with E-state index in [9.17, 15) is 0 Å². The summed E-state index contributed by atoms with van der Waals surface area (Å²) >= 11 is 0. The van der Waals surface area contributed by atoms with Gasteiger partial charge in [-0.05, 0) is 106 Å². The van der Waals surface area contributed by atoms with Crippen molar-refractivity contribution >= 4 is 105 Å². The lowest BCUT2D eigenvalue weighted by Crippen LogP contribution is -2.19. The largest absolute Gasteiger partial charge is 0.454 e. The second kappa shape index (κ2) is 14.1. The molecule has 9 aromatic carbocycles. The van der Waals surface area contributed by atoms with Gasteiger partial charge < -0.3 is 18.6 Å². The SMILES string of the molecule is CC(C)C1=CC=C(N(c2ccc3ccc4c(N(c5ccc(C(C)C)cc5)c5cccc6c5oc5ccccc56)ccc5ccc2c3c54)c2cccc3c2oc2ccccc23)CC1. The van der Waals surface area contributed by atoms with Gasteiger partial charge in [-0.25, -0.2) is 0 Å². The minimum atomic E-state index is 0.427. The lowest BCUT2D eigenvalue weighted by atomic mass is 9.90. The second-order valence-electron chi connectivity index (χ2n) is 17.6. The maximum Gasteiger partial charge on any atom is 0.159 e.